The Balaban J connectivity index is 1.72. The van der Waals surface area contributed by atoms with Gasteiger partial charge < -0.3 is 5.32 Å². The Bertz CT molecular complexity index is 1480. The predicted octanol–water partition coefficient (Wildman–Crippen LogP) is 6.02. The summed E-state index contributed by atoms with van der Waals surface area (Å²) >= 11 is 0. The van der Waals surface area contributed by atoms with Crippen LogP contribution >= 0.6 is 0 Å². The largest absolute Gasteiger partial charge is 0.344 e. The van der Waals surface area contributed by atoms with Gasteiger partial charge in [0.1, 0.15) is 6.54 Å². The van der Waals surface area contributed by atoms with Crippen molar-refractivity contribution in [3.63, 3.8) is 0 Å². The molecule has 0 aliphatic heterocycles. The van der Waals surface area contributed by atoms with Gasteiger partial charge in [-0.1, -0.05) is 90.0 Å². The zero-order valence-electron chi connectivity index (χ0n) is 21.6. The van der Waals surface area contributed by atoms with Crippen LogP contribution in [0.25, 0.3) is 0 Å². The number of benzene rings is 4. The fourth-order valence-electron chi connectivity index (χ4n) is 4.23. The number of carbonyl (C=O) groups excluding carboxylic acids is 1. The number of nitrogens with one attached hydrogen (secondary N) is 1. The second kappa shape index (κ2) is 11.0. The third-order valence-electron chi connectivity index (χ3n) is 6.38. The van der Waals surface area contributed by atoms with Gasteiger partial charge in [0.2, 0.25) is 5.91 Å². The van der Waals surface area contributed by atoms with Gasteiger partial charge in [0.15, 0.2) is 0 Å². The maximum atomic E-state index is 13.9. The average molecular weight is 513 g/mol. The van der Waals surface area contributed by atoms with Gasteiger partial charge in [0, 0.05) is 0 Å². The van der Waals surface area contributed by atoms with Crippen LogP contribution in [0.1, 0.15) is 39.4 Å². The number of hydrogen-bond donors (Lipinski definition) is 1. The van der Waals surface area contributed by atoms with Crippen LogP contribution in [0.5, 0.6) is 0 Å². The lowest BCUT2D eigenvalue weighted by atomic mass is 9.98. The van der Waals surface area contributed by atoms with Crippen LogP contribution in [0.2, 0.25) is 0 Å². The van der Waals surface area contributed by atoms with Gasteiger partial charge in [-0.2, -0.15) is 0 Å². The standard InChI is InChI=1S/C31H32N2O3S/c1-22-11-16-27(17-12-22)31(26-8-6-5-7-9-26)32-30(34)21-33(29-20-24(3)10-15-25(29)4)37(35,36)28-18-13-23(2)14-19-28/h5-20,31H,21H2,1-4H3,(H,32,34)/t31-/m1/s1. The van der Waals surface area contributed by atoms with Crippen molar-refractivity contribution in [1.82, 2.24) is 5.32 Å². The van der Waals surface area contributed by atoms with E-state index < -0.39 is 22.0 Å². The number of anilines is 1. The normalized spacial score (nSPS) is 12.1. The van der Waals surface area contributed by atoms with Crippen LogP contribution in [-0.2, 0) is 14.8 Å². The Morgan fingerprint density at radius 3 is 1.89 bits per heavy atom. The van der Waals surface area contributed by atoms with Crippen LogP contribution in [0.4, 0.5) is 5.69 Å². The zero-order valence-corrected chi connectivity index (χ0v) is 22.4. The molecular weight excluding hydrogens is 480 g/mol. The first-order chi connectivity index (χ1) is 17.6. The monoisotopic (exact) mass is 512 g/mol. The van der Waals surface area contributed by atoms with Gasteiger partial charge in [0.05, 0.1) is 16.6 Å². The molecule has 4 aromatic carbocycles. The molecule has 1 atom stereocenters. The lowest BCUT2D eigenvalue weighted by Crippen LogP contribution is -2.42. The van der Waals surface area contributed by atoms with Crippen LogP contribution in [0.15, 0.2) is 102 Å². The van der Waals surface area contributed by atoms with Gasteiger partial charge >= 0.3 is 0 Å². The number of amides is 1. The topological polar surface area (TPSA) is 66.5 Å². The Labute approximate surface area is 219 Å². The number of sulfonamides is 1. The summed E-state index contributed by atoms with van der Waals surface area (Å²) in [7, 11) is -4.00. The molecule has 0 radical (unpaired) electrons. The first-order valence-corrected chi connectivity index (χ1v) is 13.7. The zero-order chi connectivity index (χ0) is 26.6. The van der Waals surface area contributed by atoms with E-state index in [1.807, 2.05) is 100 Å². The van der Waals surface area contributed by atoms with Gasteiger partial charge in [-0.15, -0.1) is 0 Å². The van der Waals surface area contributed by atoms with E-state index in [1.165, 1.54) is 4.31 Å². The number of nitrogens with zero attached hydrogens (tertiary/aromatic N) is 1. The molecule has 190 valence electrons. The molecular formula is C31H32N2O3S. The molecule has 1 N–H and O–H groups in total. The highest BCUT2D eigenvalue weighted by Gasteiger charge is 2.29. The molecule has 0 unspecified atom stereocenters. The molecule has 1 amide bonds. The smallest absolute Gasteiger partial charge is 0.264 e. The van der Waals surface area contributed by atoms with E-state index >= 15 is 0 Å². The van der Waals surface area contributed by atoms with Gasteiger partial charge in [0.25, 0.3) is 10.0 Å². The minimum absolute atomic E-state index is 0.143. The van der Waals surface area contributed by atoms with Crippen molar-refractivity contribution < 1.29 is 13.2 Å². The van der Waals surface area contributed by atoms with E-state index in [1.54, 1.807) is 24.3 Å². The summed E-state index contributed by atoms with van der Waals surface area (Å²) in [6, 6.07) is 29.5. The van der Waals surface area contributed by atoms with E-state index in [2.05, 4.69) is 5.32 Å². The summed E-state index contributed by atoms with van der Waals surface area (Å²) in [6.07, 6.45) is 0. The number of hydrogen-bond acceptors (Lipinski definition) is 3. The van der Waals surface area contributed by atoms with Gasteiger partial charge in [-0.25, -0.2) is 8.42 Å². The Morgan fingerprint density at radius 2 is 1.27 bits per heavy atom. The number of aryl methyl sites for hydroxylation is 4. The van der Waals surface area contributed by atoms with Crippen LogP contribution in [-0.4, -0.2) is 20.9 Å². The molecule has 4 aromatic rings. The molecule has 5 nitrogen and oxygen atoms in total. The Hall–Kier alpha value is -3.90. The second-order valence-electron chi connectivity index (χ2n) is 9.44. The molecule has 0 aliphatic rings. The lowest BCUT2D eigenvalue weighted by Gasteiger charge is -2.27. The summed E-state index contributed by atoms with van der Waals surface area (Å²) < 4.78 is 28.9. The fourth-order valence-corrected chi connectivity index (χ4v) is 5.70. The minimum Gasteiger partial charge on any atom is -0.344 e. The molecule has 0 fully saturated rings. The first-order valence-electron chi connectivity index (χ1n) is 12.2. The molecule has 6 heteroatoms. The molecule has 0 saturated carbocycles. The summed E-state index contributed by atoms with van der Waals surface area (Å²) in [5.74, 6) is -0.397. The van der Waals surface area contributed by atoms with Crippen LogP contribution in [0.3, 0.4) is 0 Å². The van der Waals surface area contributed by atoms with Crippen molar-refractivity contribution in [3.8, 4) is 0 Å². The van der Waals surface area contributed by atoms with Gasteiger partial charge in [-0.3, -0.25) is 9.10 Å². The number of rotatable bonds is 8. The van der Waals surface area contributed by atoms with E-state index in [9.17, 15) is 13.2 Å². The molecule has 0 saturated heterocycles. The molecule has 0 spiro atoms. The highest BCUT2D eigenvalue weighted by Crippen LogP contribution is 2.29. The summed E-state index contributed by atoms with van der Waals surface area (Å²) in [4.78, 5) is 13.7. The van der Waals surface area contributed by atoms with Crippen molar-refractivity contribution in [2.45, 2.75) is 38.6 Å². The maximum absolute atomic E-state index is 13.9. The SMILES string of the molecule is Cc1ccc([C@H](NC(=O)CN(c2cc(C)ccc2C)S(=O)(=O)c2ccc(C)cc2)c2ccccc2)cc1. The third-order valence-corrected chi connectivity index (χ3v) is 8.15. The van der Waals surface area contributed by atoms with Crippen molar-refractivity contribution in [2.75, 3.05) is 10.8 Å². The average Bonchev–Trinajstić information content (AvgIpc) is 2.89. The fraction of sp³-hybridized carbons (Fsp3) is 0.194. The van der Waals surface area contributed by atoms with Crippen molar-refractivity contribution in [3.05, 3.63) is 130 Å². The Morgan fingerprint density at radius 1 is 0.730 bits per heavy atom. The molecule has 0 aliphatic carbocycles. The summed E-state index contributed by atoms with van der Waals surface area (Å²) in [5, 5.41) is 3.09. The van der Waals surface area contributed by atoms with Crippen molar-refractivity contribution in [1.29, 1.82) is 0 Å². The van der Waals surface area contributed by atoms with Crippen LogP contribution in [0, 0.1) is 27.7 Å². The van der Waals surface area contributed by atoms with Gasteiger partial charge in [-0.05, 0) is 68.1 Å². The van der Waals surface area contributed by atoms with E-state index in [0.717, 1.165) is 33.4 Å². The summed E-state index contributed by atoms with van der Waals surface area (Å²) in [6.45, 7) is 7.32. The maximum Gasteiger partial charge on any atom is 0.264 e. The van der Waals surface area contributed by atoms with E-state index in [-0.39, 0.29) is 11.4 Å². The summed E-state index contributed by atoms with van der Waals surface area (Å²) in [5.41, 5.74) is 6.08. The van der Waals surface area contributed by atoms with Crippen LogP contribution < -0.4 is 9.62 Å². The highest BCUT2D eigenvalue weighted by molar-refractivity contribution is 7.92. The van der Waals surface area contributed by atoms with E-state index in [0.29, 0.717) is 5.69 Å². The van der Waals surface area contributed by atoms with Crippen molar-refractivity contribution in [2.24, 2.45) is 0 Å². The third kappa shape index (κ3) is 6.09. The second-order valence-corrected chi connectivity index (χ2v) is 11.3. The first kappa shape index (κ1) is 26.2. The van der Waals surface area contributed by atoms with E-state index in [4.69, 9.17) is 0 Å². The Kier molecular flexibility index (Phi) is 7.79. The predicted molar refractivity (Wildman–Crippen MR) is 149 cm³/mol. The number of carbonyl (C=O) groups is 1. The molecule has 0 heterocycles. The van der Waals surface area contributed by atoms with Crippen molar-refractivity contribution >= 4 is 21.6 Å². The molecule has 0 bridgehead atoms. The highest BCUT2D eigenvalue weighted by atomic mass is 32.2. The molecule has 37 heavy (non-hydrogen) atoms. The lowest BCUT2D eigenvalue weighted by molar-refractivity contribution is -0.120. The molecule has 0 aromatic heterocycles. The quantitative estimate of drug-likeness (QED) is 0.314. The minimum atomic E-state index is -4.00. The molecule has 4 rings (SSSR count).